The van der Waals surface area contributed by atoms with Gasteiger partial charge in [-0.15, -0.1) is 0 Å². The summed E-state index contributed by atoms with van der Waals surface area (Å²) >= 11 is 0. The number of aryl methyl sites for hydroxylation is 3. The number of benzene rings is 3. The zero-order valence-electron chi connectivity index (χ0n) is 18.9. The molecule has 3 aromatic rings. The lowest BCUT2D eigenvalue weighted by Crippen LogP contribution is -1.84. The van der Waals surface area contributed by atoms with Crippen LogP contribution in [-0.4, -0.2) is 0 Å². The highest BCUT2D eigenvalue weighted by Crippen LogP contribution is 2.26. The molecule has 3 aromatic carbocycles. The van der Waals surface area contributed by atoms with Crippen LogP contribution in [0.5, 0.6) is 0 Å². The van der Waals surface area contributed by atoms with Gasteiger partial charge in [0, 0.05) is 0 Å². The maximum atomic E-state index is 2.24. The third kappa shape index (κ3) is 7.83. The summed E-state index contributed by atoms with van der Waals surface area (Å²) in [6, 6.07) is 24.2. The Morgan fingerprint density at radius 1 is 0.333 bits per heavy atom. The van der Waals surface area contributed by atoms with E-state index in [1.54, 1.807) is 0 Å². The van der Waals surface area contributed by atoms with Crippen LogP contribution in [-0.2, 0) is 0 Å². The maximum Gasteiger partial charge on any atom is -0.0179 e. The summed E-state index contributed by atoms with van der Waals surface area (Å²) in [5.41, 5.74) is 9.03. The van der Waals surface area contributed by atoms with Gasteiger partial charge in [0.2, 0.25) is 0 Å². The molecule has 0 spiro atoms. The number of rotatable bonds is 2. The Labute approximate surface area is 168 Å². The predicted molar refractivity (Wildman–Crippen MR) is 126 cm³/mol. The highest BCUT2D eigenvalue weighted by Gasteiger charge is 2.02. The first kappa shape index (κ1) is 24.7. The van der Waals surface area contributed by atoms with Gasteiger partial charge >= 0.3 is 0 Å². The quantitative estimate of drug-likeness (QED) is 0.426. The molecule has 0 nitrogen and oxygen atoms in total. The van der Waals surface area contributed by atoms with Gasteiger partial charge in [-0.1, -0.05) is 125 Å². The topological polar surface area (TPSA) is 0 Å². The van der Waals surface area contributed by atoms with E-state index in [2.05, 4.69) is 87.5 Å². The van der Waals surface area contributed by atoms with E-state index < -0.39 is 0 Å². The molecule has 0 heteroatoms. The molecule has 0 bridgehead atoms. The van der Waals surface area contributed by atoms with E-state index in [0.29, 0.717) is 0 Å². The standard InChI is InChI=1S/C21H20.3C2H6/c1-15-4-6-18(7-5-15)19-8-10-20(11-9-19)21-13-16(2)12-17(3)14-21;3*1-2/h4-14H,1-3H3;3*1-2H3. The van der Waals surface area contributed by atoms with Crippen molar-refractivity contribution in [2.24, 2.45) is 0 Å². The van der Waals surface area contributed by atoms with Crippen LogP contribution >= 0.6 is 0 Å². The van der Waals surface area contributed by atoms with E-state index >= 15 is 0 Å². The summed E-state index contributed by atoms with van der Waals surface area (Å²) in [6.07, 6.45) is 0. The molecule has 0 amide bonds. The fraction of sp³-hybridized carbons (Fsp3) is 0.333. The molecule has 0 aliphatic carbocycles. The fourth-order valence-electron chi connectivity index (χ4n) is 2.74. The van der Waals surface area contributed by atoms with Gasteiger partial charge in [-0.2, -0.15) is 0 Å². The Morgan fingerprint density at radius 2 is 0.630 bits per heavy atom. The molecule has 0 aliphatic rings. The van der Waals surface area contributed by atoms with Gasteiger partial charge in [-0.25, -0.2) is 0 Å². The minimum absolute atomic E-state index is 1.27. The van der Waals surface area contributed by atoms with Crippen molar-refractivity contribution in [3.63, 3.8) is 0 Å². The maximum absolute atomic E-state index is 2.24. The molecule has 0 aromatic heterocycles. The molecule has 3 rings (SSSR count). The van der Waals surface area contributed by atoms with Gasteiger partial charge in [0.25, 0.3) is 0 Å². The predicted octanol–water partition coefficient (Wildman–Crippen LogP) is 9.02. The average molecular weight is 363 g/mol. The molecule has 27 heavy (non-hydrogen) atoms. The summed E-state index contributed by atoms with van der Waals surface area (Å²) in [4.78, 5) is 0. The second-order valence-corrected chi connectivity index (χ2v) is 5.82. The smallest absolute Gasteiger partial charge is 0.0179 e. The molecule has 0 heterocycles. The molecule has 0 atom stereocenters. The van der Waals surface area contributed by atoms with E-state index in [-0.39, 0.29) is 0 Å². The molecule has 146 valence electrons. The first-order valence-electron chi connectivity index (χ1n) is 10.4. The first-order valence-corrected chi connectivity index (χ1v) is 10.4. The van der Waals surface area contributed by atoms with Gasteiger partial charge in [0.05, 0.1) is 0 Å². The zero-order valence-corrected chi connectivity index (χ0v) is 18.9. The van der Waals surface area contributed by atoms with E-state index in [1.807, 2.05) is 41.5 Å². The molecular formula is C27H38. The number of hydrogen-bond acceptors (Lipinski definition) is 0. The van der Waals surface area contributed by atoms with Crippen LogP contribution in [0.4, 0.5) is 0 Å². The van der Waals surface area contributed by atoms with E-state index in [9.17, 15) is 0 Å². The van der Waals surface area contributed by atoms with Crippen molar-refractivity contribution in [1.29, 1.82) is 0 Å². The largest absolute Gasteiger partial charge is 0.0683 e. The van der Waals surface area contributed by atoms with Gasteiger partial charge in [0.1, 0.15) is 0 Å². The summed E-state index contributed by atoms with van der Waals surface area (Å²) in [5, 5.41) is 0. The van der Waals surface area contributed by atoms with Crippen LogP contribution in [0.1, 0.15) is 58.2 Å². The van der Waals surface area contributed by atoms with Crippen LogP contribution in [0.25, 0.3) is 22.3 Å². The normalized spacial score (nSPS) is 8.93. The molecule has 0 fully saturated rings. The van der Waals surface area contributed by atoms with Gasteiger partial charge in [0.15, 0.2) is 0 Å². The van der Waals surface area contributed by atoms with Crippen LogP contribution in [0.3, 0.4) is 0 Å². The molecule has 0 aliphatic heterocycles. The average Bonchev–Trinajstić information content (AvgIpc) is 2.72. The van der Waals surface area contributed by atoms with Crippen molar-refractivity contribution in [3.8, 4) is 22.3 Å². The molecule has 0 saturated carbocycles. The highest BCUT2D eigenvalue weighted by molar-refractivity contribution is 5.71. The fourth-order valence-corrected chi connectivity index (χ4v) is 2.74. The van der Waals surface area contributed by atoms with Crippen molar-refractivity contribution < 1.29 is 0 Å². The van der Waals surface area contributed by atoms with Crippen molar-refractivity contribution >= 4 is 0 Å². The zero-order chi connectivity index (χ0) is 20.8. The van der Waals surface area contributed by atoms with E-state index in [0.717, 1.165) is 0 Å². The van der Waals surface area contributed by atoms with Crippen LogP contribution in [0.15, 0.2) is 66.7 Å². The molecule has 0 saturated heterocycles. The minimum Gasteiger partial charge on any atom is -0.0683 e. The monoisotopic (exact) mass is 362 g/mol. The Morgan fingerprint density at radius 3 is 1.00 bits per heavy atom. The Hall–Kier alpha value is -2.34. The van der Waals surface area contributed by atoms with E-state index in [4.69, 9.17) is 0 Å². The third-order valence-corrected chi connectivity index (χ3v) is 3.82. The van der Waals surface area contributed by atoms with Crippen molar-refractivity contribution in [2.75, 3.05) is 0 Å². The van der Waals surface area contributed by atoms with Gasteiger partial charge in [-0.05, 0) is 43.0 Å². The molecule has 0 radical (unpaired) electrons. The lowest BCUT2D eigenvalue weighted by Gasteiger charge is -2.07. The summed E-state index contributed by atoms with van der Waals surface area (Å²) in [6.45, 7) is 18.4. The van der Waals surface area contributed by atoms with Gasteiger partial charge in [-0.3, -0.25) is 0 Å². The highest BCUT2D eigenvalue weighted by atomic mass is 14.1. The second-order valence-electron chi connectivity index (χ2n) is 5.82. The summed E-state index contributed by atoms with van der Waals surface area (Å²) in [7, 11) is 0. The summed E-state index contributed by atoms with van der Waals surface area (Å²) < 4.78 is 0. The van der Waals surface area contributed by atoms with Gasteiger partial charge < -0.3 is 0 Å². The Balaban J connectivity index is 0.00000103. The molecular weight excluding hydrogens is 324 g/mol. The summed E-state index contributed by atoms with van der Waals surface area (Å²) in [5.74, 6) is 0. The van der Waals surface area contributed by atoms with Crippen LogP contribution < -0.4 is 0 Å². The van der Waals surface area contributed by atoms with E-state index in [1.165, 1.54) is 38.9 Å². The third-order valence-electron chi connectivity index (χ3n) is 3.82. The Bertz CT molecular complexity index is 727. The molecule has 0 unspecified atom stereocenters. The minimum atomic E-state index is 1.27. The SMILES string of the molecule is CC.CC.CC.Cc1ccc(-c2ccc(-c3cc(C)cc(C)c3)cc2)cc1. The van der Waals surface area contributed by atoms with Crippen LogP contribution in [0.2, 0.25) is 0 Å². The Kier molecular flexibility index (Phi) is 12.6. The molecule has 0 N–H and O–H groups in total. The van der Waals surface area contributed by atoms with Crippen molar-refractivity contribution in [1.82, 2.24) is 0 Å². The first-order chi connectivity index (χ1) is 13.1. The lowest BCUT2D eigenvalue weighted by molar-refractivity contribution is 1.38. The second kappa shape index (κ2) is 13.8. The lowest BCUT2D eigenvalue weighted by atomic mass is 9.98. The van der Waals surface area contributed by atoms with Crippen molar-refractivity contribution in [2.45, 2.75) is 62.3 Å². The van der Waals surface area contributed by atoms with Crippen molar-refractivity contribution in [3.05, 3.63) is 83.4 Å². The van der Waals surface area contributed by atoms with Crippen LogP contribution in [0, 0.1) is 20.8 Å². The number of hydrogen-bond donors (Lipinski definition) is 0.